The molecule has 7 heteroatoms. The number of hydrogen-bond acceptors (Lipinski definition) is 6. The number of hydrogen-bond donors (Lipinski definition) is 1. The maximum absolute atomic E-state index is 11.4. The van der Waals surface area contributed by atoms with Gasteiger partial charge in [-0.1, -0.05) is 17.7 Å². The lowest BCUT2D eigenvalue weighted by Crippen LogP contribution is -2.39. The Morgan fingerprint density at radius 3 is 2.86 bits per heavy atom. The highest BCUT2D eigenvalue weighted by molar-refractivity contribution is 6.33. The number of nitrogens with one attached hydrogen (secondary N) is 1. The van der Waals surface area contributed by atoms with Crippen molar-refractivity contribution < 1.29 is 9.53 Å². The fourth-order valence-electron chi connectivity index (χ4n) is 3.15. The van der Waals surface area contributed by atoms with Crippen LogP contribution in [0.25, 0.3) is 6.08 Å². The van der Waals surface area contributed by atoms with Crippen molar-refractivity contribution in [2.75, 3.05) is 25.0 Å². The zero-order chi connectivity index (χ0) is 19.8. The molecule has 0 amide bonds. The molecule has 2 aromatic heterocycles. The second-order valence-electron chi connectivity index (χ2n) is 6.70. The van der Waals surface area contributed by atoms with E-state index in [1.165, 1.54) is 6.08 Å². The number of halogens is 1. The summed E-state index contributed by atoms with van der Waals surface area (Å²) in [6, 6.07) is 8.16. The molecule has 0 spiro atoms. The van der Waals surface area contributed by atoms with E-state index in [1.807, 2.05) is 18.3 Å². The summed E-state index contributed by atoms with van der Waals surface area (Å²) in [5.74, 6) is 0.302. The molecule has 1 N–H and O–H groups in total. The van der Waals surface area contributed by atoms with Crippen LogP contribution in [0.1, 0.15) is 31.0 Å². The van der Waals surface area contributed by atoms with Crippen LogP contribution in [0.5, 0.6) is 0 Å². The third-order valence-electron chi connectivity index (χ3n) is 4.60. The van der Waals surface area contributed by atoms with Crippen molar-refractivity contribution in [3.8, 4) is 0 Å². The van der Waals surface area contributed by atoms with Crippen molar-refractivity contribution in [2.45, 2.75) is 32.4 Å². The summed E-state index contributed by atoms with van der Waals surface area (Å²) >= 11 is 6.37. The number of carbonyl (C=O) groups is 1. The van der Waals surface area contributed by atoms with Crippen molar-refractivity contribution in [3.05, 3.63) is 59.0 Å². The van der Waals surface area contributed by atoms with Crippen molar-refractivity contribution >= 4 is 29.5 Å². The van der Waals surface area contributed by atoms with Gasteiger partial charge in [-0.3, -0.25) is 9.88 Å². The fourth-order valence-corrected chi connectivity index (χ4v) is 3.38. The van der Waals surface area contributed by atoms with Gasteiger partial charge in [-0.05, 0) is 49.6 Å². The molecule has 2 aromatic rings. The van der Waals surface area contributed by atoms with Gasteiger partial charge in [0.25, 0.3) is 0 Å². The molecule has 0 saturated carbocycles. The minimum absolute atomic E-state index is 0.339. The first-order valence-corrected chi connectivity index (χ1v) is 9.91. The lowest BCUT2D eigenvalue weighted by molar-refractivity contribution is -0.137. The summed E-state index contributed by atoms with van der Waals surface area (Å²) in [6.07, 6.45) is 8.60. The van der Waals surface area contributed by atoms with Crippen LogP contribution in [-0.4, -0.2) is 46.6 Å². The lowest BCUT2D eigenvalue weighted by Gasteiger charge is -2.32. The highest BCUT2D eigenvalue weighted by Gasteiger charge is 2.20. The van der Waals surface area contributed by atoms with Crippen molar-refractivity contribution in [1.29, 1.82) is 0 Å². The Bertz CT molecular complexity index is 805. The number of ether oxygens (including phenoxy) is 1. The smallest absolute Gasteiger partial charge is 0.330 e. The Morgan fingerprint density at radius 2 is 2.18 bits per heavy atom. The molecular weight excluding hydrogens is 376 g/mol. The third kappa shape index (κ3) is 6.04. The Hall–Kier alpha value is -2.44. The number of likely N-dealkylation sites (tertiary alicyclic amines) is 1. The van der Waals surface area contributed by atoms with Gasteiger partial charge in [0.2, 0.25) is 0 Å². The number of carbonyl (C=O) groups excluding carboxylic acids is 1. The molecule has 3 rings (SSSR count). The Balaban J connectivity index is 1.50. The molecule has 28 heavy (non-hydrogen) atoms. The molecule has 0 aliphatic carbocycles. The lowest BCUT2D eigenvalue weighted by atomic mass is 10.0. The van der Waals surface area contributed by atoms with Gasteiger partial charge in [-0.15, -0.1) is 0 Å². The quantitative estimate of drug-likeness (QED) is 0.563. The van der Waals surface area contributed by atoms with Crippen LogP contribution in [0.4, 0.5) is 5.82 Å². The topological polar surface area (TPSA) is 67.3 Å². The third-order valence-corrected chi connectivity index (χ3v) is 4.89. The van der Waals surface area contributed by atoms with E-state index < -0.39 is 0 Å². The Morgan fingerprint density at radius 1 is 1.36 bits per heavy atom. The van der Waals surface area contributed by atoms with E-state index in [0.29, 0.717) is 23.5 Å². The van der Waals surface area contributed by atoms with E-state index in [2.05, 4.69) is 26.3 Å². The number of rotatable bonds is 7. The van der Waals surface area contributed by atoms with Crippen LogP contribution in [0.15, 0.2) is 42.7 Å². The van der Waals surface area contributed by atoms with Gasteiger partial charge in [0.05, 0.1) is 17.3 Å². The monoisotopic (exact) mass is 400 g/mol. The summed E-state index contributed by atoms with van der Waals surface area (Å²) in [4.78, 5) is 22.6. The molecule has 0 unspecified atom stereocenters. The molecule has 1 saturated heterocycles. The highest BCUT2D eigenvalue weighted by atomic mass is 35.5. The van der Waals surface area contributed by atoms with Gasteiger partial charge in [0, 0.05) is 44.1 Å². The summed E-state index contributed by atoms with van der Waals surface area (Å²) in [7, 11) is 0. The maximum atomic E-state index is 11.4. The maximum Gasteiger partial charge on any atom is 0.330 e. The molecule has 0 bridgehead atoms. The number of piperidine rings is 1. The summed E-state index contributed by atoms with van der Waals surface area (Å²) in [5, 5.41) is 3.99. The molecular formula is C21H25ClN4O2. The molecule has 1 fully saturated rings. The number of esters is 1. The molecule has 1 aliphatic rings. The van der Waals surface area contributed by atoms with E-state index >= 15 is 0 Å². The first-order chi connectivity index (χ1) is 13.6. The molecule has 3 heterocycles. The van der Waals surface area contributed by atoms with E-state index in [4.69, 9.17) is 16.3 Å². The SMILES string of the molecule is CCOC(=O)C=Cc1cnc(NC2CCN(Cc3ccccn3)CC2)c(Cl)c1. The van der Waals surface area contributed by atoms with Gasteiger partial charge < -0.3 is 10.1 Å². The average Bonchev–Trinajstić information content (AvgIpc) is 2.71. The first-order valence-electron chi connectivity index (χ1n) is 9.53. The van der Waals surface area contributed by atoms with Gasteiger partial charge in [0.15, 0.2) is 0 Å². The summed E-state index contributed by atoms with van der Waals surface area (Å²) < 4.78 is 4.86. The second kappa shape index (κ2) is 10.2. The van der Waals surface area contributed by atoms with Gasteiger partial charge in [0.1, 0.15) is 5.82 Å². The van der Waals surface area contributed by atoms with Gasteiger partial charge >= 0.3 is 5.97 Å². The molecule has 0 aromatic carbocycles. The molecule has 0 atom stereocenters. The van der Waals surface area contributed by atoms with Gasteiger partial charge in [-0.25, -0.2) is 9.78 Å². The molecule has 1 aliphatic heterocycles. The zero-order valence-corrected chi connectivity index (χ0v) is 16.7. The minimum Gasteiger partial charge on any atom is -0.463 e. The molecule has 0 radical (unpaired) electrons. The predicted octanol–water partition coefficient (Wildman–Crippen LogP) is 3.78. The van der Waals surface area contributed by atoms with E-state index in [1.54, 1.807) is 25.3 Å². The van der Waals surface area contributed by atoms with Crippen LogP contribution in [-0.2, 0) is 16.1 Å². The number of pyridine rings is 2. The van der Waals surface area contributed by atoms with E-state index in [9.17, 15) is 4.79 Å². The van der Waals surface area contributed by atoms with Crippen molar-refractivity contribution in [3.63, 3.8) is 0 Å². The summed E-state index contributed by atoms with van der Waals surface area (Å²) in [5.41, 5.74) is 1.86. The zero-order valence-electron chi connectivity index (χ0n) is 16.0. The largest absolute Gasteiger partial charge is 0.463 e. The standard InChI is InChI=1S/C21H25ClN4O2/c1-2-28-20(27)7-6-16-13-19(22)21(24-14-16)25-17-8-11-26(12-9-17)15-18-5-3-4-10-23-18/h3-7,10,13-14,17H,2,8-9,11-12,15H2,1H3,(H,24,25). The minimum atomic E-state index is -0.377. The van der Waals surface area contributed by atoms with Crippen molar-refractivity contribution in [2.24, 2.45) is 0 Å². The van der Waals surface area contributed by atoms with Crippen LogP contribution < -0.4 is 5.32 Å². The highest BCUT2D eigenvalue weighted by Crippen LogP contribution is 2.24. The normalized spacial score (nSPS) is 15.6. The van der Waals surface area contributed by atoms with E-state index in [0.717, 1.165) is 43.7 Å². The first kappa shape index (κ1) is 20.3. The van der Waals surface area contributed by atoms with Crippen LogP contribution in [0.3, 0.4) is 0 Å². The van der Waals surface area contributed by atoms with Crippen molar-refractivity contribution in [1.82, 2.24) is 14.9 Å². The Kier molecular flexibility index (Phi) is 7.39. The predicted molar refractivity (Wildman–Crippen MR) is 111 cm³/mol. The molecule has 148 valence electrons. The van der Waals surface area contributed by atoms with Crippen LogP contribution in [0, 0.1) is 0 Å². The number of aromatic nitrogens is 2. The second-order valence-corrected chi connectivity index (χ2v) is 7.11. The fraction of sp³-hybridized carbons (Fsp3) is 0.381. The Labute approximate surface area is 170 Å². The van der Waals surface area contributed by atoms with Gasteiger partial charge in [-0.2, -0.15) is 0 Å². The number of anilines is 1. The summed E-state index contributed by atoms with van der Waals surface area (Å²) in [6.45, 7) is 5.02. The average molecular weight is 401 g/mol. The van der Waals surface area contributed by atoms with E-state index in [-0.39, 0.29) is 5.97 Å². The molecule has 6 nitrogen and oxygen atoms in total. The number of nitrogens with zero attached hydrogens (tertiary/aromatic N) is 3. The van der Waals surface area contributed by atoms with Crippen LogP contribution in [0.2, 0.25) is 5.02 Å². The van der Waals surface area contributed by atoms with Crippen LogP contribution >= 0.6 is 11.6 Å².